The number of hydrogen-bond acceptors (Lipinski definition) is 7. The van der Waals surface area contributed by atoms with Gasteiger partial charge in [0.1, 0.15) is 0 Å². The summed E-state index contributed by atoms with van der Waals surface area (Å²) in [6.45, 7) is 8.58. The summed E-state index contributed by atoms with van der Waals surface area (Å²) in [7, 11) is 0. The lowest BCUT2D eigenvalue weighted by Gasteiger charge is -2.39. The molecule has 6 N–H and O–H groups in total. The zero-order valence-electron chi connectivity index (χ0n) is 17.1. The summed E-state index contributed by atoms with van der Waals surface area (Å²) in [5.74, 6) is 0. The molecule has 0 atom stereocenters. The van der Waals surface area contributed by atoms with E-state index in [1.807, 2.05) is 0 Å². The minimum absolute atomic E-state index is 0.163. The highest BCUT2D eigenvalue weighted by Gasteiger charge is 2.25. The van der Waals surface area contributed by atoms with Gasteiger partial charge in [-0.25, -0.2) is 0 Å². The Kier molecular flexibility index (Phi) is 18.8. The van der Waals surface area contributed by atoms with Crippen molar-refractivity contribution in [1.82, 2.24) is 10.2 Å². The highest BCUT2D eigenvalue weighted by atomic mass is 16.3. The minimum Gasteiger partial charge on any atom is -0.396 e. The van der Waals surface area contributed by atoms with E-state index < -0.39 is 0 Å². The molecular formula is C19H44N3O5+. The van der Waals surface area contributed by atoms with Gasteiger partial charge in [0.2, 0.25) is 0 Å². The van der Waals surface area contributed by atoms with Gasteiger partial charge in [-0.2, -0.15) is 0 Å². The van der Waals surface area contributed by atoms with Gasteiger partial charge in [0.25, 0.3) is 0 Å². The smallest absolute Gasteiger partial charge is 0.0913 e. The van der Waals surface area contributed by atoms with E-state index in [0.717, 1.165) is 95.5 Å². The highest BCUT2D eigenvalue weighted by molar-refractivity contribution is 4.61. The Morgan fingerprint density at radius 1 is 0.519 bits per heavy atom. The van der Waals surface area contributed by atoms with Gasteiger partial charge in [-0.1, -0.05) is 0 Å². The molecule has 0 aromatic rings. The fraction of sp³-hybridized carbons (Fsp3) is 1.00. The second kappa shape index (κ2) is 19.0. The SMILES string of the molecule is OCCCN(CCCO)CCNCC[N+](CCCO)(CCCO)CCCO. The van der Waals surface area contributed by atoms with Gasteiger partial charge >= 0.3 is 0 Å². The Labute approximate surface area is 165 Å². The molecule has 0 spiro atoms. The second-order valence-electron chi connectivity index (χ2n) is 7.21. The third-order valence-corrected chi connectivity index (χ3v) is 5.00. The molecule has 0 aromatic carbocycles. The van der Waals surface area contributed by atoms with E-state index in [9.17, 15) is 15.3 Å². The Bertz CT molecular complexity index is 281. The molecule has 8 heteroatoms. The topological polar surface area (TPSA) is 116 Å². The lowest BCUT2D eigenvalue weighted by molar-refractivity contribution is -0.927. The summed E-state index contributed by atoms with van der Waals surface area (Å²) >= 11 is 0. The zero-order chi connectivity index (χ0) is 20.2. The molecule has 8 nitrogen and oxygen atoms in total. The molecule has 0 heterocycles. The van der Waals surface area contributed by atoms with Gasteiger partial charge in [-0.15, -0.1) is 0 Å². The number of hydrogen-bond donors (Lipinski definition) is 6. The molecule has 0 aliphatic heterocycles. The van der Waals surface area contributed by atoms with Crippen LogP contribution in [0.3, 0.4) is 0 Å². The molecule has 0 radical (unpaired) electrons. The Hall–Kier alpha value is -0.320. The third kappa shape index (κ3) is 14.3. The lowest BCUT2D eigenvalue weighted by Crippen LogP contribution is -2.54. The van der Waals surface area contributed by atoms with Gasteiger partial charge in [-0.05, 0) is 12.8 Å². The van der Waals surface area contributed by atoms with Crippen LogP contribution in [0.15, 0.2) is 0 Å². The molecular weight excluding hydrogens is 350 g/mol. The normalized spacial score (nSPS) is 12.2. The first kappa shape index (κ1) is 26.7. The van der Waals surface area contributed by atoms with Crippen LogP contribution in [0.25, 0.3) is 0 Å². The monoisotopic (exact) mass is 394 g/mol. The van der Waals surface area contributed by atoms with Gasteiger partial charge in [0, 0.05) is 85.0 Å². The van der Waals surface area contributed by atoms with E-state index in [2.05, 4.69) is 10.2 Å². The van der Waals surface area contributed by atoms with Crippen LogP contribution in [0.2, 0.25) is 0 Å². The number of aliphatic hydroxyl groups is 5. The fourth-order valence-corrected chi connectivity index (χ4v) is 3.49. The van der Waals surface area contributed by atoms with Crippen molar-refractivity contribution >= 4 is 0 Å². The Balaban J connectivity index is 4.40. The average molecular weight is 395 g/mol. The maximum Gasteiger partial charge on any atom is 0.0913 e. The van der Waals surface area contributed by atoms with Crippen LogP contribution >= 0.6 is 0 Å². The molecule has 0 aliphatic carbocycles. The Morgan fingerprint density at radius 2 is 0.963 bits per heavy atom. The first-order chi connectivity index (χ1) is 13.2. The standard InChI is InChI=1S/C19H44N3O5/c23-15-1-8-21(9-2-16-24)10-6-20-7-14-22(11-3-17-25,12-4-18-26)13-5-19-27/h20,23-27H,1-19H2/q+1. The summed E-state index contributed by atoms with van der Waals surface area (Å²) in [4.78, 5) is 2.25. The summed E-state index contributed by atoms with van der Waals surface area (Å²) < 4.78 is 0.813. The van der Waals surface area contributed by atoms with Crippen LogP contribution < -0.4 is 5.32 Å². The molecule has 0 saturated carbocycles. The van der Waals surface area contributed by atoms with Crippen LogP contribution in [-0.2, 0) is 0 Å². The number of nitrogens with one attached hydrogen (secondary N) is 1. The van der Waals surface area contributed by atoms with Gasteiger partial charge in [0.05, 0.1) is 26.2 Å². The van der Waals surface area contributed by atoms with E-state index in [4.69, 9.17) is 10.2 Å². The van der Waals surface area contributed by atoms with Crippen molar-refractivity contribution in [2.75, 3.05) is 91.9 Å². The molecule has 0 amide bonds. The van der Waals surface area contributed by atoms with Crippen LogP contribution in [-0.4, -0.2) is 127 Å². The maximum atomic E-state index is 9.23. The minimum atomic E-state index is 0.163. The van der Waals surface area contributed by atoms with Crippen LogP contribution in [0, 0.1) is 0 Å². The largest absolute Gasteiger partial charge is 0.396 e. The first-order valence-corrected chi connectivity index (χ1v) is 10.5. The van der Waals surface area contributed by atoms with Crippen molar-refractivity contribution in [3.05, 3.63) is 0 Å². The maximum absolute atomic E-state index is 9.23. The van der Waals surface area contributed by atoms with Crippen LogP contribution in [0.4, 0.5) is 0 Å². The van der Waals surface area contributed by atoms with Crippen LogP contribution in [0.5, 0.6) is 0 Å². The molecule has 0 fully saturated rings. The average Bonchev–Trinajstić information content (AvgIpc) is 2.69. The van der Waals surface area contributed by atoms with Crippen molar-refractivity contribution < 1.29 is 30.0 Å². The van der Waals surface area contributed by atoms with Crippen molar-refractivity contribution in [1.29, 1.82) is 0 Å². The molecule has 0 aliphatic rings. The summed E-state index contributed by atoms with van der Waals surface area (Å²) in [5, 5.41) is 49.2. The predicted octanol–water partition coefficient (Wildman–Crippen LogP) is -1.39. The molecule has 0 bridgehead atoms. The van der Waals surface area contributed by atoms with Gasteiger partial charge < -0.3 is 40.2 Å². The molecule has 0 saturated heterocycles. The predicted molar refractivity (Wildman–Crippen MR) is 108 cm³/mol. The third-order valence-electron chi connectivity index (χ3n) is 5.00. The van der Waals surface area contributed by atoms with E-state index in [1.165, 1.54) is 0 Å². The molecule has 0 aromatic heterocycles. The fourth-order valence-electron chi connectivity index (χ4n) is 3.49. The van der Waals surface area contributed by atoms with Crippen molar-refractivity contribution in [3.8, 4) is 0 Å². The van der Waals surface area contributed by atoms with E-state index >= 15 is 0 Å². The van der Waals surface area contributed by atoms with Crippen molar-refractivity contribution in [2.45, 2.75) is 32.1 Å². The van der Waals surface area contributed by atoms with Crippen molar-refractivity contribution in [2.24, 2.45) is 0 Å². The zero-order valence-corrected chi connectivity index (χ0v) is 17.1. The second-order valence-corrected chi connectivity index (χ2v) is 7.21. The van der Waals surface area contributed by atoms with Crippen molar-refractivity contribution in [3.63, 3.8) is 0 Å². The number of aliphatic hydroxyl groups excluding tert-OH is 5. The molecule has 27 heavy (non-hydrogen) atoms. The number of rotatable bonds is 21. The molecule has 0 unspecified atom stereocenters. The Morgan fingerprint density at radius 3 is 1.37 bits per heavy atom. The summed E-state index contributed by atoms with van der Waals surface area (Å²) in [5.41, 5.74) is 0. The summed E-state index contributed by atoms with van der Waals surface area (Å²) in [6, 6.07) is 0. The number of nitrogens with zero attached hydrogens (tertiary/aromatic N) is 2. The quantitative estimate of drug-likeness (QED) is 0.105. The highest BCUT2D eigenvalue weighted by Crippen LogP contribution is 2.11. The van der Waals surface area contributed by atoms with E-state index in [-0.39, 0.29) is 33.0 Å². The molecule has 0 rings (SSSR count). The van der Waals surface area contributed by atoms with Gasteiger partial charge in [0.15, 0.2) is 0 Å². The molecule has 164 valence electrons. The first-order valence-electron chi connectivity index (χ1n) is 10.5. The number of quaternary nitrogens is 1. The van der Waals surface area contributed by atoms with Gasteiger partial charge in [-0.3, -0.25) is 0 Å². The van der Waals surface area contributed by atoms with E-state index in [1.54, 1.807) is 0 Å². The van der Waals surface area contributed by atoms with E-state index in [0.29, 0.717) is 0 Å². The lowest BCUT2D eigenvalue weighted by atomic mass is 10.2. The summed E-state index contributed by atoms with van der Waals surface area (Å²) in [6.07, 6.45) is 3.68. The van der Waals surface area contributed by atoms with Crippen LogP contribution in [0.1, 0.15) is 32.1 Å².